The maximum absolute atomic E-state index is 12.7. The smallest absolute Gasteiger partial charge is 0.341 e. The summed E-state index contributed by atoms with van der Waals surface area (Å²) >= 11 is 1.54. The van der Waals surface area contributed by atoms with Gasteiger partial charge in [-0.3, -0.25) is 4.79 Å². The number of benzene rings is 1. The molecule has 1 amide bonds. The first kappa shape index (κ1) is 16.3. The van der Waals surface area contributed by atoms with Crippen LogP contribution in [0.15, 0.2) is 30.3 Å². The van der Waals surface area contributed by atoms with Crippen molar-refractivity contribution >= 4 is 28.2 Å². The number of aryl methyl sites for hydroxylation is 1. The molecule has 1 aromatic carbocycles. The summed E-state index contributed by atoms with van der Waals surface area (Å²) in [6, 6.07) is 10.1. The first-order chi connectivity index (χ1) is 12.2. The quantitative estimate of drug-likeness (QED) is 0.838. The molecule has 2 aliphatic carbocycles. The number of carbonyl (C=O) groups excluding carboxylic acids is 2. The van der Waals surface area contributed by atoms with Crippen molar-refractivity contribution in [3.63, 3.8) is 0 Å². The first-order valence-electron chi connectivity index (χ1n) is 8.77. The maximum atomic E-state index is 12.7. The fourth-order valence-corrected chi connectivity index (χ4v) is 5.01. The SMILES string of the molecule is COC(=O)c1c(NC(=O)[C@@H]2C[C@@H]2c2ccccc2)sc2c1CCCC2. The van der Waals surface area contributed by atoms with Crippen molar-refractivity contribution in [1.29, 1.82) is 0 Å². The Morgan fingerprint density at radius 2 is 1.92 bits per heavy atom. The van der Waals surface area contributed by atoms with Crippen molar-refractivity contribution in [2.45, 2.75) is 38.0 Å². The topological polar surface area (TPSA) is 55.4 Å². The molecule has 0 aliphatic heterocycles. The highest BCUT2D eigenvalue weighted by atomic mass is 32.1. The summed E-state index contributed by atoms with van der Waals surface area (Å²) in [6.45, 7) is 0. The Bertz CT molecular complexity index is 812. The van der Waals surface area contributed by atoms with Crippen LogP contribution >= 0.6 is 11.3 Å². The third-order valence-corrected chi connectivity index (χ3v) is 6.36. The number of fused-ring (bicyclic) bond motifs is 1. The van der Waals surface area contributed by atoms with Gasteiger partial charge in [-0.05, 0) is 49.1 Å². The van der Waals surface area contributed by atoms with Crippen LogP contribution in [0.25, 0.3) is 0 Å². The third-order valence-electron chi connectivity index (χ3n) is 5.15. The zero-order chi connectivity index (χ0) is 17.4. The van der Waals surface area contributed by atoms with Crippen LogP contribution in [0, 0.1) is 5.92 Å². The van der Waals surface area contributed by atoms with E-state index < -0.39 is 0 Å². The van der Waals surface area contributed by atoms with Gasteiger partial charge in [0.1, 0.15) is 5.00 Å². The van der Waals surface area contributed by atoms with Crippen LogP contribution in [0.2, 0.25) is 0 Å². The second-order valence-corrected chi connectivity index (χ2v) is 7.86. The van der Waals surface area contributed by atoms with Gasteiger partial charge >= 0.3 is 5.97 Å². The summed E-state index contributed by atoms with van der Waals surface area (Å²) in [5.74, 6) is -0.0490. The molecule has 2 aromatic rings. The molecule has 1 N–H and O–H groups in total. The van der Waals surface area contributed by atoms with Crippen molar-refractivity contribution in [3.8, 4) is 0 Å². The minimum absolute atomic E-state index is 0.00738. The minimum Gasteiger partial charge on any atom is -0.465 e. The molecular formula is C20H21NO3S. The van der Waals surface area contributed by atoms with Gasteiger partial charge in [0.05, 0.1) is 12.7 Å². The number of hydrogen-bond acceptors (Lipinski definition) is 4. The molecule has 0 bridgehead atoms. The number of rotatable bonds is 4. The number of carbonyl (C=O) groups is 2. The molecule has 1 heterocycles. The molecule has 25 heavy (non-hydrogen) atoms. The lowest BCUT2D eigenvalue weighted by Crippen LogP contribution is -2.17. The van der Waals surface area contributed by atoms with Gasteiger partial charge in [0, 0.05) is 10.8 Å². The first-order valence-corrected chi connectivity index (χ1v) is 9.59. The normalized spacial score (nSPS) is 21.3. The van der Waals surface area contributed by atoms with E-state index in [2.05, 4.69) is 17.4 Å². The molecule has 5 heteroatoms. The Labute approximate surface area is 151 Å². The summed E-state index contributed by atoms with van der Waals surface area (Å²) in [4.78, 5) is 26.2. The number of amides is 1. The summed E-state index contributed by atoms with van der Waals surface area (Å²) in [6.07, 6.45) is 4.96. The molecule has 1 aromatic heterocycles. The molecular weight excluding hydrogens is 334 g/mol. The van der Waals surface area contributed by atoms with E-state index in [9.17, 15) is 9.59 Å². The number of methoxy groups -OCH3 is 1. The highest BCUT2D eigenvalue weighted by molar-refractivity contribution is 7.17. The van der Waals surface area contributed by atoms with Gasteiger partial charge in [-0.25, -0.2) is 4.79 Å². The van der Waals surface area contributed by atoms with E-state index in [-0.39, 0.29) is 23.7 Å². The van der Waals surface area contributed by atoms with Gasteiger partial charge in [-0.1, -0.05) is 30.3 Å². The van der Waals surface area contributed by atoms with E-state index in [0.717, 1.165) is 37.7 Å². The van der Waals surface area contributed by atoms with E-state index >= 15 is 0 Å². The predicted molar refractivity (Wildman–Crippen MR) is 98.2 cm³/mol. The molecule has 4 nitrogen and oxygen atoms in total. The van der Waals surface area contributed by atoms with Crippen LogP contribution < -0.4 is 5.32 Å². The lowest BCUT2D eigenvalue weighted by atomic mass is 9.95. The van der Waals surface area contributed by atoms with E-state index in [4.69, 9.17) is 4.74 Å². The number of nitrogens with one attached hydrogen (secondary N) is 1. The lowest BCUT2D eigenvalue weighted by Gasteiger charge is -2.11. The highest BCUT2D eigenvalue weighted by Crippen LogP contribution is 2.48. The summed E-state index contributed by atoms with van der Waals surface area (Å²) < 4.78 is 4.97. The zero-order valence-corrected chi connectivity index (χ0v) is 15.0. The van der Waals surface area contributed by atoms with Gasteiger partial charge < -0.3 is 10.1 Å². The molecule has 2 atom stereocenters. The van der Waals surface area contributed by atoms with E-state index in [1.807, 2.05) is 18.2 Å². The van der Waals surface area contributed by atoms with Gasteiger partial charge in [-0.15, -0.1) is 11.3 Å². The van der Waals surface area contributed by atoms with Gasteiger partial charge in [0.2, 0.25) is 5.91 Å². The van der Waals surface area contributed by atoms with Crippen molar-refractivity contribution in [1.82, 2.24) is 0 Å². The molecule has 0 radical (unpaired) electrons. The molecule has 1 saturated carbocycles. The highest BCUT2D eigenvalue weighted by Gasteiger charge is 2.44. The van der Waals surface area contributed by atoms with Crippen molar-refractivity contribution in [3.05, 3.63) is 51.9 Å². The van der Waals surface area contributed by atoms with Crippen molar-refractivity contribution in [2.24, 2.45) is 5.92 Å². The molecule has 2 aliphatic rings. The molecule has 0 unspecified atom stereocenters. The maximum Gasteiger partial charge on any atom is 0.341 e. The standard InChI is InChI=1S/C20H21NO3S/c1-24-20(23)17-13-9-5-6-10-16(13)25-19(17)21-18(22)15-11-14(15)12-7-3-2-4-8-12/h2-4,7-8,14-15H,5-6,9-11H2,1H3,(H,21,22)/t14-,15-/m1/s1. The minimum atomic E-state index is -0.342. The average molecular weight is 355 g/mol. The Morgan fingerprint density at radius 1 is 1.16 bits per heavy atom. The summed E-state index contributed by atoms with van der Waals surface area (Å²) in [5.41, 5.74) is 2.86. The second kappa shape index (κ2) is 6.64. The second-order valence-electron chi connectivity index (χ2n) is 6.76. The van der Waals surface area contributed by atoms with Crippen molar-refractivity contribution < 1.29 is 14.3 Å². The molecule has 130 valence electrons. The van der Waals surface area contributed by atoms with Gasteiger partial charge in [0.15, 0.2) is 0 Å². The fraction of sp³-hybridized carbons (Fsp3) is 0.400. The lowest BCUT2D eigenvalue weighted by molar-refractivity contribution is -0.117. The Morgan fingerprint density at radius 3 is 2.68 bits per heavy atom. The molecule has 0 saturated heterocycles. The van der Waals surface area contributed by atoms with Crippen LogP contribution in [-0.2, 0) is 22.4 Å². The average Bonchev–Trinajstić information content (AvgIpc) is 3.37. The van der Waals surface area contributed by atoms with Gasteiger partial charge in [0.25, 0.3) is 0 Å². The number of thiophene rings is 1. The molecule has 4 rings (SSSR count). The third kappa shape index (κ3) is 3.09. The van der Waals surface area contributed by atoms with Crippen LogP contribution in [0.1, 0.15) is 51.5 Å². The number of ether oxygens (including phenoxy) is 1. The van der Waals surface area contributed by atoms with Crippen LogP contribution in [0.3, 0.4) is 0 Å². The van der Waals surface area contributed by atoms with Crippen LogP contribution in [0.5, 0.6) is 0 Å². The Balaban J connectivity index is 1.54. The summed E-state index contributed by atoms with van der Waals surface area (Å²) in [5, 5.41) is 3.69. The van der Waals surface area contributed by atoms with Crippen LogP contribution in [0.4, 0.5) is 5.00 Å². The predicted octanol–water partition coefficient (Wildman–Crippen LogP) is 4.16. The van der Waals surface area contributed by atoms with E-state index in [1.54, 1.807) is 11.3 Å². The van der Waals surface area contributed by atoms with E-state index in [0.29, 0.717) is 10.6 Å². The molecule has 1 fully saturated rings. The Hall–Kier alpha value is -2.14. The number of hydrogen-bond donors (Lipinski definition) is 1. The number of esters is 1. The van der Waals surface area contributed by atoms with Crippen molar-refractivity contribution in [2.75, 3.05) is 12.4 Å². The Kier molecular flexibility index (Phi) is 4.34. The summed E-state index contributed by atoms with van der Waals surface area (Å²) in [7, 11) is 1.40. The van der Waals surface area contributed by atoms with Gasteiger partial charge in [-0.2, -0.15) is 0 Å². The van der Waals surface area contributed by atoms with Crippen LogP contribution in [-0.4, -0.2) is 19.0 Å². The zero-order valence-electron chi connectivity index (χ0n) is 14.2. The number of anilines is 1. The monoisotopic (exact) mass is 355 g/mol. The molecule has 0 spiro atoms. The van der Waals surface area contributed by atoms with E-state index in [1.165, 1.54) is 17.6 Å². The fourth-order valence-electron chi connectivity index (χ4n) is 3.73. The largest absolute Gasteiger partial charge is 0.465 e.